The Morgan fingerprint density at radius 2 is 1.94 bits per heavy atom. The van der Waals surface area contributed by atoms with Gasteiger partial charge in [-0.2, -0.15) is 0 Å². The lowest BCUT2D eigenvalue weighted by Crippen LogP contribution is -2.44. The lowest BCUT2D eigenvalue weighted by Gasteiger charge is -2.34. The van der Waals surface area contributed by atoms with Crippen LogP contribution in [0.3, 0.4) is 0 Å². The zero-order chi connectivity index (χ0) is 11.1. The average Bonchev–Trinajstić information content (AvgIpc) is 2.74. The molecule has 3 nitrogen and oxygen atoms in total. The highest BCUT2D eigenvalue weighted by Gasteiger charge is 2.43. The van der Waals surface area contributed by atoms with Crippen LogP contribution in [0.4, 0.5) is 0 Å². The maximum absolute atomic E-state index is 12.0. The largest absolute Gasteiger partial charge is 0.285 e. The number of hydrogen-bond acceptors (Lipinski definition) is 2. The van der Waals surface area contributed by atoms with Crippen LogP contribution in [-0.4, -0.2) is 22.2 Å². The van der Waals surface area contributed by atoms with Gasteiger partial charge in [-0.3, -0.25) is 10.0 Å². The number of hydroxylamine groups is 2. The van der Waals surface area contributed by atoms with Crippen molar-refractivity contribution in [1.82, 2.24) is 5.06 Å². The van der Waals surface area contributed by atoms with E-state index in [0.29, 0.717) is 0 Å². The number of fused-ring (bicyclic) bond motifs is 2. The van der Waals surface area contributed by atoms with E-state index >= 15 is 0 Å². The van der Waals surface area contributed by atoms with E-state index in [2.05, 4.69) is 6.08 Å². The van der Waals surface area contributed by atoms with E-state index in [1.54, 1.807) is 0 Å². The summed E-state index contributed by atoms with van der Waals surface area (Å²) < 4.78 is 0. The van der Waals surface area contributed by atoms with Crippen molar-refractivity contribution in [2.24, 2.45) is 5.92 Å². The second-order valence-electron chi connectivity index (χ2n) is 4.42. The quantitative estimate of drug-likeness (QED) is 0.574. The van der Waals surface area contributed by atoms with Gasteiger partial charge < -0.3 is 0 Å². The molecule has 1 amide bonds. The number of nitrogens with zero attached hydrogens (tertiary/aromatic N) is 1. The van der Waals surface area contributed by atoms with E-state index in [4.69, 9.17) is 0 Å². The van der Waals surface area contributed by atoms with Gasteiger partial charge in [-0.05, 0) is 17.9 Å². The third kappa shape index (κ3) is 1.28. The summed E-state index contributed by atoms with van der Waals surface area (Å²) in [6, 6.07) is 9.56. The van der Waals surface area contributed by atoms with Gasteiger partial charge in [0.1, 0.15) is 0 Å². The number of piperidine rings is 1. The molecule has 82 valence electrons. The Kier molecular flexibility index (Phi) is 2.07. The Balaban J connectivity index is 2.00. The van der Waals surface area contributed by atoms with Gasteiger partial charge in [0.05, 0.1) is 12.0 Å². The lowest BCUT2D eigenvalue weighted by atomic mass is 9.82. The van der Waals surface area contributed by atoms with Crippen molar-refractivity contribution >= 4 is 5.91 Å². The molecular weight excluding hydrogens is 202 g/mol. The van der Waals surface area contributed by atoms with Gasteiger partial charge in [0, 0.05) is 0 Å². The highest BCUT2D eigenvalue weighted by Crippen LogP contribution is 2.40. The summed E-state index contributed by atoms with van der Waals surface area (Å²) in [7, 11) is 0. The van der Waals surface area contributed by atoms with E-state index in [0.717, 1.165) is 17.0 Å². The first-order chi connectivity index (χ1) is 7.77. The smallest absolute Gasteiger partial charge is 0.254 e. The highest BCUT2D eigenvalue weighted by atomic mass is 16.5. The number of allylic oxidation sites excluding steroid dienone is 1. The van der Waals surface area contributed by atoms with Crippen molar-refractivity contribution < 1.29 is 10.0 Å². The van der Waals surface area contributed by atoms with Crippen molar-refractivity contribution in [1.29, 1.82) is 0 Å². The molecule has 1 aromatic carbocycles. The molecule has 16 heavy (non-hydrogen) atoms. The fourth-order valence-corrected chi connectivity index (χ4v) is 2.67. The molecule has 1 fully saturated rings. The van der Waals surface area contributed by atoms with Gasteiger partial charge >= 0.3 is 0 Å². The minimum atomic E-state index is -0.221. The van der Waals surface area contributed by atoms with Crippen LogP contribution >= 0.6 is 0 Å². The molecule has 3 atom stereocenters. The van der Waals surface area contributed by atoms with E-state index in [9.17, 15) is 10.0 Å². The van der Waals surface area contributed by atoms with Crippen LogP contribution in [0, 0.1) is 5.92 Å². The van der Waals surface area contributed by atoms with E-state index in [1.807, 2.05) is 36.4 Å². The van der Waals surface area contributed by atoms with Gasteiger partial charge in [-0.25, -0.2) is 5.06 Å². The summed E-state index contributed by atoms with van der Waals surface area (Å²) in [5.74, 6) is -0.165. The van der Waals surface area contributed by atoms with Crippen LogP contribution in [0.25, 0.3) is 0 Å². The SMILES string of the molecule is O=C1[C@@H](c2ccccc2)[C@@H]2C=C[C@H](C2)N1O. The first-order valence-electron chi connectivity index (χ1n) is 5.52. The molecule has 1 aliphatic heterocycles. The summed E-state index contributed by atoms with van der Waals surface area (Å²) in [4.78, 5) is 12.0. The van der Waals surface area contributed by atoms with Gasteiger partial charge in [0.15, 0.2) is 0 Å². The number of rotatable bonds is 1. The van der Waals surface area contributed by atoms with Gasteiger partial charge in [0.25, 0.3) is 5.91 Å². The minimum Gasteiger partial charge on any atom is -0.285 e. The normalized spacial score (nSPS) is 32.2. The Labute approximate surface area is 94.0 Å². The molecule has 3 heteroatoms. The Morgan fingerprint density at radius 1 is 1.19 bits per heavy atom. The fraction of sp³-hybridized carbons (Fsp3) is 0.308. The number of benzene rings is 1. The van der Waals surface area contributed by atoms with Crippen LogP contribution < -0.4 is 0 Å². The molecular formula is C13H13NO2. The van der Waals surface area contributed by atoms with Crippen LogP contribution in [0.2, 0.25) is 0 Å². The van der Waals surface area contributed by atoms with Crippen molar-refractivity contribution in [3.8, 4) is 0 Å². The Morgan fingerprint density at radius 3 is 2.69 bits per heavy atom. The maximum Gasteiger partial charge on any atom is 0.254 e. The molecule has 2 aliphatic rings. The fourth-order valence-electron chi connectivity index (χ4n) is 2.67. The zero-order valence-electron chi connectivity index (χ0n) is 8.78. The zero-order valence-corrected chi connectivity index (χ0v) is 8.78. The molecule has 1 N–H and O–H groups in total. The number of carbonyl (C=O) groups is 1. The molecule has 2 bridgehead atoms. The van der Waals surface area contributed by atoms with Gasteiger partial charge in [-0.1, -0.05) is 42.5 Å². The summed E-state index contributed by atoms with van der Waals surface area (Å²) in [5.41, 5.74) is 0.988. The van der Waals surface area contributed by atoms with Crippen LogP contribution in [0.5, 0.6) is 0 Å². The first-order valence-corrected chi connectivity index (χ1v) is 5.52. The van der Waals surface area contributed by atoms with Crippen molar-refractivity contribution in [2.45, 2.75) is 18.4 Å². The molecule has 1 aromatic rings. The molecule has 0 saturated carbocycles. The highest BCUT2D eigenvalue weighted by molar-refractivity contribution is 5.85. The van der Waals surface area contributed by atoms with E-state index < -0.39 is 0 Å². The number of carbonyl (C=O) groups excluding carboxylic acids is 1. The number of hydrogen-bond donors (Lipinski definition) is 1. The van der Waals surface area contributed by atoms with Gasteiger partial charge in [0.2, 0.25) is 0 Å². The van der Waals surface area contributed by atoms with Gasteiger partial charge in [-0.15, -0.1) is 0 Å². The van der Waals surface area contributed by atoms with Crippen molar-refractivity contribution in [3.63, 3.8) is 0 Å². The van der Waals surface area contributed by atoms with Crippen LogP contribution in [0.15, 0.2) is 42.5 Å². The Bertz CT molecular complexity index is 441. The third-order valence-corrected chi connectivity index (χ3v) is 3.49. The minimum absolute atomic E-state index is 0.113. The Hall–Kier alpha value is -1.61. The molecule has 0 spiro atoms. The predicted molar refractivity (Wildman–Crippen MR) is 58.9 cm³/mol. The summed E-state index contributed by atoms with van der Waals surface area (Å²) in [6.07, 6.45) is 4.81. The molecule has 0 radical (unpaired) electrons. The third-order valence-electron chi connectivity index (χ3n) is 3.49. The molecule has 1 aliphatic carbocycles. The first kappa shape index (κ1) is 9.60. The second kappa shape index (κ2) is 3.46. The van der Waals surface area contributed by atoms with E-state index in [-0.39, 0.29) is 23.8 Å². The summed E-state index contributed by atoms with van der Waals surface area (Å²) >= 11 is 0. The lowest BCUT2D eigenvalue weighted by molar-refractivity contribution is -0.180. The number of amides is 1. The molecule has 1 heterocycles. The summed E-state index contributed by atoms with van der Waals surface area (Å²) in [6.45, 7) is 0. The molecule has 0 aromatic heterocycles. The maximum atomic E-state index is 12.0. The van der Waals surface area contributed by atoms with Crippen molar-refractivity contribution in [2.75, 3.05) is 0 Å². The monoisotopic (exact) mass is 215 g/mol. The standard InChI is InChI=1S/C13H13NO2/c15-13-12(9-4-2-1-3-5-9)10-6-7-11(8-10)14(13)16/h1-7,10-12,16H,8H2/t10-,11-,12+/m1/s1. The van der Waals surface area contributed by atoms with Crippen molar-refractivity contribution in [3.05, 3.63) is 48.0 Å². The van der Waals surface area contributed by atoms with E-state index in [1.165, 1.54) is 0 Å². The van der Waals surface area contributed by atoms with Crippen LogP contribution in [-0.2, 0) is 4.79 Å². The van der Waals surface area contributed by atoms with Crippen LogP contribution in [0.1, 0.15) is 17.9 Å². The second-order valence-corrected chi connectivity index (χ2v) is 4.42. The average molecular weight is 215 g/mol. The molecule has 1 saturated heterocycles. The molecule has 0 unspecified atom stereocenters. The predicted octanol–water partition coefficient (Wildman–Crippen LogP) is 1.95. The summed E-state index contributed by atoms with van der Waals surface area (Å²) in [5, 5.41) is 10.6. The molecule has 3 rings (SSSR count). The topological polar surface area (TPSA) is 40.5 Å².